The van der Waals surface area contributed by atoms with Crippen LogP contribution in [0.15, 0.2) is 15.3 Å². The number of nitrogens with one attached hydrogen (secondary N) is 1. The first-order valence-electron chi connectivity index (χ1n) is 3.36. The van der Waals surface area contributed by atoms with E-state index in [0.29, 0.717) is 0 Å². The lowest BCUT2D eigenvalue weighted by molar-refractivity contribution is 0.598. The summed E-state index contributed by atoms with van der Waals surface area (Å²) < 4.78 is 1.83. The van der Waals surface area contributed by atoms with Crippen LogP contribution in [-0.2, 0) is 0 Å². The molecule has 0 bridgehead atoms. The molecule has 0 aromatic heterocycles. The SMILES string of the molecule is CC(C)(C)/C(C=N)=N/C=C\I. The fourth-order valence-corrected chi connectivity index (χ4v) is 0.717. The predicted molar refractivity (Wildman–Crippen MR) is 58.8 cm³/mol. The molecular weight excluding hydrogens is 251 g/mol. The lowest BCUT2D eigenvalue weighted by atomic mass is 9.91. The van der Waals surface area contributed by atoms with Crippen molar-refractivity contribution < 1.29 is 0 Å². The first kappa shape index (κ1) is 10.8. The third kappa shape index (κ3) is 4.29. The van der Waals surface area contributed by atoms with Crippen LogP contribution in [-0.4, -0.2) is 11.9 Å². The van der Waals surface area contributed by atoms with Gasteiger partial charge in [-0.1, -0.05) is 43.4 Å². The molecule has 1 N–H and O–H groups in total. The molecule has 0 rings (SSSR count). The summed E-state index contributed by atoms with van der Waals surface area (Å²) in [5.41, 5.74) is 0.767. The van der Waals surface area contributed by atoms with E-state index in [1.807, 2.05) is 24.9 Å². The zero-order valence-corrected chi connectivity index (χ0v) is 9.21. The number of hydrogen-bond acceptors (Lipinski definition) is 2. The Balaban J connectivity index is 4.53. The van der Waals surface area contributed by atoms with Crippen molar-refractivity contribution in [2.75, 3.05) is 0 Å². The number of rotatable bonds is 2. The van der Waals surface area contributed by atoms with Crippen LogP contribution in [0.2, 0.25) is 0 Å². The smallest absolute Gasteiger partial charge is 0.0632 e. The van der Waals surface area contributed by atoms with Gasteiger partial charge in [0.1, 0.15) is 0 Å². The van der Waals surface area contributed by atoms with Crippen LogP contribution in [0, 0.1) is 10.8 Å². The minimum Gasteiger partial charge on any atom is -0.307 e. The Morgan fingerprint density at radius 2 is 2.00 bits per heavy atom. The van der Waals surface area contributed by atoms with Gasteiger partial charge in [-0.25, -0.2) is 0 Å². The van der Waals surface area contributed by atoms with E-state index in [1.165, 1.54) is 6.21 Å². The molecule has 0 spiro atoms. The second-order valence-corrected chi connectivity index (χ2v) is 3.90. The normalized spacial score (nSPS) is 14.0. The summed E-state index contributed by atoms with van der Waals surface area (Å²) in [6.45, 7) is 6.12. The van der Waals surface area contributed by atoms with Gasteiger partial charge in [-0.2, -0.15) is 0 Å². The van der Waals surface area contributed by atoms with E-state index in [0.717, 1.165) is 5.71 Å². The predicted octanol–water partition coefficient (Wildman–Crippen LogP) is 3.03. The summed E-state index contributed by atoms with van der Waals surface area (Å²) in [5.74, 6) is 0. The molecule has 0 atom stereocenters. The largest absolute Gasteiger partial charge is 0.307 e. The van der Waals surface area contributed by atoms with Gasteiger partial charge in [0.2, 0.25) is 0 Å². The van der Waals surface area contributed by atoms with Gasteiger partial charge in [0.05, 0.1) is 5.71 Å². The van der Waals surface area contributed by atoms with Crippen molar-refractivity contribution in [2.24, 2.45) is 10.4 Å². The van der Waals surface area contributed by atoms with Crippen molar-refractivity contribution in [3.8, 4) is 0 Å². The van der Waals surface area contributed by atoms with E-state index >= 15 is 0 Å². The Bertz CT molecular complexity index is 187. The maximum absolute atomic E-state index is 7.10. The first-order valence-corrected chi connectivity index (χ1v) is 4.61. The zero-order valence-electron chi connectivity index (χ0n) is 7.06. The summed E-state index contributed by atoms with van der Waals surface area (Å²) in [7, 11) is 0. The molecule has 0 amide bonds. The van der Waals surface area contributed by atoms with Gasteiger partial charge in [-0.05, 0) is 4.08 Å². The lowest BCUT2D eigenvalue weighted by Crippen LogP contribution is -2.20. The van der Waals surface area contributed by atoms with E-state index in [4.69, 9.17) is 5.41 Å². The van der Waals surface area contributed by atoms with Crippen LogP contribution >= 0.6 is 22.6 Å². The van der Waals surface area contributed by atoms with Crippen molar-refractivity contribution in [1.82, 2.24) is 0 Å². The van der Waals surface area contributed by atoms with Crippen LogP contribution in [0.4, 0.5) is 0 Å². The molecule has 0 aromatic carbocycles. The molecular formula is C8H13IN2. The van der Waals surface area contributed by atoms with Crippen molar-refractivity contribution in [2.45, 2.75) is 20.8 Å². The van der Waals surface area contributed by atoms with Crippen LogP contribution in [0.3, 0.4) is 0 Å². The maximum atomic E-state index is 7.10. The molecule has 0 radical (unpaired) electrons. The summed E-state index contributed by atoms with van der Waals surface area (Å²) in [5, 5.41) is 7.10. The van der Waals surface area contributed by atoms with E-state index in [9.17, 15) is 0 Å². The third-order valence-corrected chi connectivity index (χ3v) is 1.50. The molecule has 62 valence electrons. The van der Waals surface area contributed by atoms with Gasteiger partial charge in [0, 0.05) is 17.8 Å². The molecule has 0 aliphatic rings. The number of aliphatic imine (C=N–C) groups is 1. The topological polar surface area (TPSA) is 36.2 Å². The third-order valence-electron chi connectivity index (χ3n) is 1.18. The number of halogens is 1. The Hall–Kier alpha value is -0.190. The van der Waals surface area contributed by atoms with Gasteiger partial charge in [0.15, 0.2) is 0 Å². The Morgan fingerprint density at radius 3 is 2.27 bits per heavy atom. The summed E-state index contributed by atoms with van der Waals surface area (Å²) in [6.07, 6.45) is 3.00. The lowest BCUT2D eigenvalue weighted by Gasteiger charge is -2.16. The van der Waals surface area contributed by atoms with E-state index in [2.05, 4.69) is 27.6 Å². The molecule has 3 heteroatoms. The Morgan fingerprint density at radius 1 is 1.45 bits per heavy atom. The quantitative estimate of drug-likeness (QED) is 0.588. The zero-order chi connectivity index (χ0) is 8.91. The summed E-state index contributed by atoms with van der Waals surface area (Å²) >= 11 is 2.10. The second-order valence-electron chi connectivity index (χ2n) is 3.18. The average Bonchev–Trinajstić information content (AvgIpc) is 1.87. The van der Waals surface area contributed by atoms with Crippen molar-refractivity contribution in [3.05, 3.63) is 10.3 Å². The molecule has 0 saturated heterocycles. The Labute approximate surface area is 81.4 Å². The maximum Gasteiger partial charge on any atom is 0.0632 e. The molecule has 0 aromatic rings. The van der Waals surface area contributed by atoms with Gasteiger partial charge in [0.25, 0.3) is 0 Å². The molecule has 0 fully saturated rings. The highest BCUT2D eigenvalue weighted by Gasteiger charge is 2.15. The van der Waals surface area contributed by atoms with E-state index in [-0.39, 0.29) is 5.41 Å². The molecule has 0 heterocycles. The van der Waals surface area contributed by atoms with Gasteiger partial charge in [-0.3, -0.25) is 4.99 Å². The Kier molecular flexibility index (Phi) is 4.56. The number of nitrogens with zero attached hydrogens (tertiary/aromatic N) is 1. The summed E-state index contributed by atoms with van der Waals surface area (Å²) in [6, 6.07) is 0. The fraction of sp³-hybridized carbons (Fsp3) is 0.500. The average molecular weight is 264 g/mol. The van der Waals surface area contributed by atoms with E-state index in [1.54, 1.807) is 6.20 Å². The van der Waals surface area contributed by atoms with Crippen molar-refractivity contribution in [3.63, 3.8) is 0 Å². The molecule has 11 heavy (non-hydrogen) atoms. The van der Waals surface area contributed by atoms with Crippen molar-refractivity contribution in [1.29, 1.82) is 5.41 Å². The molecule has 0 aliphatic carbocycles. The molecule has 0 unspecified atom stereocenters. The minimum absolute atomic E-state index is 0.0299. The van der Waals surface area contributed by atoms with E-state index < -0.39 is 0 Å². The monoisotopic (exact) mass is 264 g/mol. The van der Waals surface area contributed by atoms with Gasteiger partial charge >= 0.3 is 0 Å². The van der Waals surface area contributed by atoms with Gasteiger partial charge < -0.3 is 5.41 Å². The van der Waals surface area contributed by atoms with Crippen LogP contribution in [0.1, 0.15) is 20.8 Å². The molecule has 0 saturated carbocycles. The minimum atomic E-state index is -0.0299. The highest BCUT2D eigenvalue weighted by atomic mass is 127. The van der Waals surface area contributed by atoms with Crippen LogP contribution < -0.4 is 0 Å². The van der Waals surface area contributed by atoms with Crippen molar-refractivity contribution >= 4 is 34.5 Å². The van der Waals surface area contributed by atoms with Gasteiger partial charge in [-0.15, -0.1) is 0 Å². The highest BCUT2D eigenvalue weighted by molar-refractivity contribution is 14.1. The first-order chi connectivity index (χ1) is 5.02. The highest BCUT2D eigenvalue weighted by Crippen LogP contribution is 2.14. The standard InChI is InChI=1S/C8H13IN2/c1-8(2,3)7(6-10)11-5-4-9/h4-6,10H,1-3H3/b5-4-,10-6?,11-7+. The molecule has 0 aliphatic heterocycles. The van der Waals surface area contributed by atoms with Crippen LogP contribution in [0.25, 0.3) is 0 Å². The fourth-order valence-electron chi connectivity index (χ4n) is 0.556. The molecule has 2 nitrogen and oxygen atoms in total. The summed E-state index contributed by atoms with van der Waals surface area (Å²) in [4.78, 5) is 4.12. The second kappa shape index (κ2) is 4.64. The van der Waals surface area contributed by atoms with Crippen LogP contribution in [0.5, 0.6) is 0 Å². The number of hydrogen-bond donors (Lipinski definition) is 1.